The number of nitrogens with one attached hydrogen (secondary N) is 2. The van der Waals surface area contributed by atoms with Crippen LogP contribution in [0.3, 0.4) is 0 Å². The van der Waals surface area contributed by atoms with Crippen molar-refractivity contribution in [3.05, 3.63) is 78.0 Å². The third kappa shape index (κ3) is 5.75. The van der Waals surface area contributed by atoms with Gasteiger partial charge < -0.3 is 15.4 Å². The van der Waals surface area contributed by atoms with Gasteiger partial charge in [0, 0.05) is 17.4 Å². The highest BCUT2D eigenvalue weighted by atomic mass is 19.4. The van der Waals surface area contributed by atoms with Crippen LogP contribution in [0.25, 0.3) is 0 Å². The normalized spacial score (nSPS) is 11.7. The first-order valence-electron chi connectivity index (χ1n) is 9.52. The molecule has 0 aliphatic rings. The molecule has 1 heterocycles. The fraction of sp³-hybridized carbons (Fsp3) is 0.217. The smallest absolute Gasteiger partial charge is 0.416 e. The molecule has 0 bridgehead atoms. The molecular formula is C23H22F3N3O2. The molecular weight excluding hydrogens is 407 g/mol. The Hall–Kier alpha value is -3.55. The first kappa shape index (κ1) is 22.1. The van der Waals surface area contributed by atoms with Crippen LogP contribution in [0.2, 0.25) is 0 Å². The zero-order chi connectivity index (χ0) is 22.6. The predicted octanol–water partition coefficient (Wildman–Crippen LogP) is 6.83. The molecule has 0 spiro atoms. The van der Waals surface area contributed by atoms with Crippen molar-refractivity contribution in [2.45, 2.75) is 32.4 Å². The largest absolute Gasteiger partial charge is 0.437 e. The van der Waals surface area contributed by atoms with Crippen molar-refractivity contribution in [2.75, 3.05) is 10.6 Å². The van der Waals surface area contributed by atoms with Gasteiger partial charge in [-0.1, -0.05) is 39.0 Å². The van der Waals surface area contributed by atoms with Crippen LogP contribution in [-0.2, 0) is 11.6 Å². The molecule has 0 saturated carbocycles. The lowest BCUT2D eigenvalue weighted by Gasteiger charge is -2.22. The van der Waals surface area contributed by atoms with E-state index in [1.54, 1.807) is 12.1 Å². The SMILES string of the molecule is CC(C)(C)c1ccccc1Oc1ncccc1NC(=O)Nc1ccc(C(F)(F)F)cc1. The van der Waals surface area contributed by atoms with Gasteiger partial charge in [0.05, 0.1) is 5.56 Å². The molecule has 3 rings (SSSR count). The van der Waals surface area contributed by atoms with Crippen molar-refractivity contribution in [3.8, 4) is 11.6 Å². The van der Waals surface area contributed by atoms with E-state index in [1.165, 1.54) is 18.3 Å². The number of carbonyl (C=O) groups excluding carboxylic acids is 1. The van der Waals surface area contributed by atoms with Crippen LogP contribution < -0.4 is 15.4 Å². The second-order valence-electron chi connectivity index (χ2n) is 7.86. The molecule has 0 aliphatic carbocycles. The van der Waals surface area contributed by atoms with Crippen molar-refractivity contribution in [2.24, 2.45) is 0 Å². The Labute approximate surface area is 178 Å². The van der Waals surface area contributed by atoms with Crippen molar-refractivity contribution < 1.29 is 22.7 Å². The number of benzene rings is 2. The standard InChI is InChI=1S/C23H22F3N3O2/c1-22(2,3)17-7-4-5-9-19(17)31-20-18(8-6-14-27-20)29-21(30)28-16-12-10-15(11-13-16)23(24,25)26/h4-14H,1-3H3,(H2,28,29,30). The van der Waals surface area contributed by atoms with Gasteiger partial charge in [-0.25, -0.2) is 9.78 Å². The maximum Gasteiger partial charge on any atom is 0.416 e. The number of urea groups is 1. The molecule has 0 unspecified atom stereocenters. The number of hydrogen-bond donors (Lipinski definition) is 2. The van der Waals surface area contributed by atoms with Crippen LogP contribution in [0, 0.1) is 0 Å². The topological polar surface area (TPSA) is 63.2 Å². The third-order valence-corrected chi connectivity index (χ3v) is 4.39. The van der Waals surface area contributed by atoms with Gasteiger partial charge in [-0.15, -0.1) is 0 Å². The summed E-state index contributed by atoms with van der Waals surface area (Å²) in [6.45, 7) is 6.18. The minimum atomic E-state index is -4.44. The van der Waals surface area contributed by atoms with Gasteiger partial charge in [0.2, 0.25) is 5.88 Å². The fourth-order valence-electron chi connectivity index (χ4n) is 2.87. The van der Waals surface area contributed by atoms with Crippen LogP contribution in [0.15, 0.2) is 66.9 Å². The number of nitrogens with zero attached hydrogens (tertiary/aromatic N) is 1. The lowest BCUT2D eigenvalue weighted by atomic mass is 9.86. The Morgan fingerprint density at radius 1 is 0.903 bits per heavy atom. The molecule has 2 aromatic carbocycles. The summed E-state index contributed by atoms with van der Waals surface area (Å²) >= 11 is 0. The number of ether oxygens (including phenoxy) is 1. The van der Waals surface area contributed by atoms with E-state index in [0.717, 1.165) is 17.7 Å². The third-order valence-electron chi connectivity index (χ3n) is 4.39. The molecule has 162 valence electrons. The van der Waals surface area contributed by atoms with Crippen LogP contribution in [0.4, 0.5) is 29.3 Å². The minimum Gasteiger partial charge on any atom is -0.437 e. The summed E-state index contributed by atoms with van der Waals surface area (Å²) < 4.78 is 44.0. The molecule has 31 heavy (non-hydrogen) atoms. The maximum atomic E-state index is 12.7. The number of alkyl halides is 3. The number of para-hydroxylation sites is 1. The van der Waals surface area contributed by atoms with Gasteiger partial charge in [-0.3, -0.25) is 0 Å². The van der Waals surface area contributed by atoms with E-state index in [0.29, 0.717) is 11.4 Å². The van der Waals surface area contributed by atoms with E-state index < -0.39 is 17.8 Å². The van der Waals surface area contributed by atoms with Gasteiger partial charge in [0.15, 0.2) is 0 Å². The average molecular weight is 429 g/mol. The van der Waals surface area contributed by atoms with E-state index in [1.807, 2.05) is 24.3 Å². The van der Waals surface area contributed by atoms with E-state index in [2.05, 4.69) is 36.4 Å². The molecule has 5 nitrogen and oxygen atoms in total. The highest BCUT2D eigenvalue weighted by molar-refractivity contribution is 6.00. The molecule has 0 radical (unpaired) electrons. The summed E-state index contributed by atoms with van der Waals surface area (Å²) in [4.78, 5) is 16.6. The predicted molar refractivity (Wildman–Crippen MR) is 114 cm³/mol. The van der Waals surface area contributed by atoms with E-state index >= 15 is 0 Å². The number of anilines is 2. The second kappa shape index (κ2) is 8.67. The summed E-state index contributed by atoms with van der Waals surface area (Å²) in [6.07, 6.45) is -2.90. The van der Waals surface area contributed by atoms with Crippen LogP contribution in [0.5, 0.6) is 11.6 Å². The lowest BCUT2D eigenvalue weighted by molar-refractivity contribution is -0.137. The van der Waals surface area contributed by atoms with Crippen molar-refractivity contribution in [1.82, 2.24) is 4.98 Å². The first-order valence-corrected chi connectivity index (χ1v) is 9.52. The Bertz CT molecular complexity index is 1060. The summed E-state index contributed by atoms with van der Waals surface area (Å²) in [7, 11) is 0. The number of aromatic nitrogens is 1. The summed E-state index contributed by atoms with van der Waals surface area (Å²) in [6, 6.07) is 14.3. The second-order valence-corrected chi connectivity index (χ2v) is 7.86. The minimum absolute atomic E-state index is 0.168. The first-order chi connectivity index (χ1) is 14.5. The number of amides is 2. The Balaban J connectivity index is 1.75. The van der Waals surface area contributed by atoms with Gasteiger partial charge in [0.1, 0.15) is 11.4 Å². The summed E-state index contributed by atoms with van der Waals surface area (Å²) in [5.74, 6) is 0.807. The zero-order valence-corrected chi connectivity index (χ0v) is 17.2. The molecule has 1 aromatic heterocycles. The molecule has 8 heteroatoms. The monoisotopic (exact) mass is 429 g/mol. The van der Waals surface area contributed by atoms with Crippen molar-refractivity contribution >= 4 is 17.4 Å². The van der Waals surface area contributed by atoms with Gasteiger partial charge >= 0.3 is 12.2 Å². The summed E-state index contributed by atoms with van der Waals surface area (Å²) in [5, 5.41) is 5.12. The molecule has 0 aliphatic heterocycles. The average Bonchev–Trinajstić information content (AvgIpc) is 2.69. The number of pyridine rings is 1. The van der Waals surface area contributed by atoms with E-state index in [9.17, 15) is 18.0 Å². The number of rotatable bonds is 4. The quantitative estimate of drug-likeness (QED) is 0.478. The van der Waals surface area contributed by atoms with E-state index in [4.69, 9.17) is 4.74 Å². The highest BCUT2D eigenvalue weighted by Gasteiger charge is 2.30. The van der Waals surface area contributed by atoms with Crippen LogP contribution in [0.1, 0.15) is 31.9 Å². The van der Waals surface area contributed by atoms with Gasteiger partial charge in [-0.05, 0) is 47.9 Å². The number of carbonyl (C=O) groups is 1. The fourth-order valence-corrected chi connectivity index (χ4v) is 2.87. The molecule has 2 amide bonds. The molecule has 3 aromatic rings. The lowest BCUT2D eigenvalue weighted by Crippen LogP contribution is -2.20. The van der Waals surface area contributed by atoms with Crippen molar-refractivity contribution in [3.63, 3.8) is 0 Å². The van der Waals surface area contributed by atoms with Crippen LogP contribution in [-0.4, -0.2) is 11.0 Å². The van der Waals surface area contributed by atoms with Crippen LogP contribution >= 0.6 is 0 Å². The van der Waals surface area contributed by atoms with Gasteiger partial charge in [-0.2, -0.15) is 13.2 Å². The molecule has 0 fully saturated rings. The Morgan fingerprint density at radius 2 is 1.58 bits per heavy atom. The van der Waals surface area contributed by atoms with Gasteiger partial charge in [0.25, 0.3) is 0 Å². The highest BCUT2D eigenvalue weighted by Crippen LogP contribution is 2.35. The molecule has 0 atom stereocenters. The van der Waals surface area contributed by atoms with E-state index in [-0.39, 0.29) is 17.0 Å². The number of halogens is 3. The number of hydrogen-bond acceptors (Lipinski definition) is 3. The van der Waals surface area contributed by atoms with Crippen molar-refractivity contribution in [1.29, 1.82) is 0 Å². The Kier molecular flexibility index (Phi) is 6.19. The maximum absolute atomic E-state index is 12.7. The zero-order valence-electron chi connectivity index (χ0n) is 17.2. The Morgan fingerprint density at radius 3 is 2.23 bits per heavy atom. The molecule has 0 saturated heterocycles. The molecule has 2 N–H and O–H groups in total. The summed E-state index contributed by atoms with van der Waals surface area (Å²) in [5.41, 5.74) is 0.545.